The fourth-order valence-corrected chi connectivity index (χ4v) is 2.12. The predicted octanol–water partition coefficient (Wildman–Crippen LogP) is 4.25. The molecule has 2 aromatic rings. The van der Waals surface area contributed by atoms with Gasteiger partial charge in [-0.15, -0.1) is 0 Å². The number of rotatable bonds is 4. The van der Waals surface area contributed by atoms with Gasteiger partial charge in [-0.2, -0.15) is 0 Å². The van der Waals surface area contributed by atoms with Crippen molar-refractivity contribution < 1.29 is 4.74 Å². The van der Waals surface area contributed by atoms with Gasteiger partial charge in [-0.1, -0.05) is 47.5 Å². The highest BCUT2D eigenvalue weighted by molar-refractivity contribution is 6.31. The predicted molar refractivity (Wildman–Crippen MR) is 79.6 cm³/mol. The standard InChI is InChI=1S/C16H18ClNO/c1-11-7-8-16(14(9-11)12(2)18)19-10-13-5-3-4-6-15(13)17/h3-9,12H,10,18H2,1-2H3. The Balaban J connectivity index is 2.18. The summed E-state index contributed by atoms with van der Waals surface area (Å²) in [5, 5.41) is 0.719. The summed E-state index contributed by atoms with van der Waals surface area (Å²) in [7, 11) is 0. The van der Waals surface area contributed by atoms with Crippen molar-refractivity contribution >= 4 is 11.6 Å². The van der Waals surface area contributed by atoms with E-state index < -0.39 is 0 Å². The normalized spacial score (nSPS) is 12.2. The van der Waals surface area contributed by atoms with E-state index >= 15 is 0 Å². The van der Waals surface area contributed by atoms with Gasteiger partial charge in [0.25, 0.3) is 0 Å². The first-order chi connectivity index (χ1) is 9.08. The fourth-order valence-electron chi connectivity index (χ4n) is 1.93. The Kier molecular flexibility index (Phi) is 4.46. The summed E-state index contributed by atoms with van der Waals surface area (Å²) < 4.78 is 5.86. The molecule has 0 aromatic heterocycles. The summed E-state index contributed by atoms with van der Waals surface area (Å²) >= 11 is 6.11. The summed E-state index contributed by atoms with van der Waals surface area (Å²) in [5.41, 5.74) is 9.15. The van der Waals surface area contributed by atoms with Gasteiger partial charge >= 0.3 is 0 Å². The van der Waals surface area contributed by atoms with Gasteiger partial charge in [0.15, 0.2) is 0 Å². The fraction of sp³-hybridized carbons (Fsp3) is 0.250. The number of benzene rings is 2. The van der Waals surface area contributed by atoms with Crippen LogP contribution in [-0.4, -0.2) is 0 Å². The average Bonchev–Trinajstić information content (AvgIpc) is 2.38. The molecule has 0 bridgehead atoms. The Bertz CT molecular complexity index is 566. The average molecular weight is 276 g/mol. The Morgan fingerprint density at radius 3 is 2.63 bits per heavy atom. The molecule has 0 radical (unpaired) electrons. The number of hydrogen-bond donors (Lipinski definition) is 1. The third-order valence-electron chi connectivity index (χ3n) is 3.00. The van der Waals surface area contributed by atoms with Crippen molar-refractivity contribution in [2.24, 2.45) is 5.73 Å². The number of hydrogen-bond acceptors (Lipinski definition) is 2. The van der Waals surface area contributed by atoms with E-state index in [-0.39, 0.29) is 6.04 Å². The van der Waals surface area contributed by atoms with E-state index in [1.165, 1.54) is 5.56 Å². The van der Waals surface area contributed by atoms with Crippen molar-refractivity contribution in [2.75, 3.05) is 0 Å². The van der Waals surface area contributed by atoms with E-state index in [4.69, 9.17) is 22.1 Å². The molecule has 19 heavy (non-hydrogen) atoms. The van der Waals surface area contributed by atoms with E-state index in [0.717, 1.165) is 21.9 Å². The molecule has 0 aliphatic rings. The molecule has 3 heteroatoms. The molecule has 100 valence electrons. The summed E-state index contributed by atoms with van der Waals surface area (Å²) in [6.07, 6.45) is 0. The van der Waals surface area contributed by atoms with Crippen molar-refractivity contribution in [3.05, 3.63) is 64.2 Å². The van der Waals surface area contributed by atoms with Gasteiger partial charge in [0.2, 0.25) is 0 Å². The monoisotopic (exact) mass is 275 g/mol. The van der Waals surface area contributed by atoms with Gasteiger partial charge in [0.1, 0.15) is 12.4 Å². The first-order valence-corrected chi connectivity index (χ1v) is 6.68. The van der Waals surface area contributed by atoms with Gasteiger partial charge < -0.3 is 10.5 Å². The van der Waals surface area contributed by atoms with Crippen LogP contribution in [0.2, 0.25) is 5.02 Å². The van der Waals surface area contributed by atoms with Gasteiger partial charge in [-0.25, -0.2) is 0 Å². The maximum absolute atomic E-state index is 6.11. The third-order valence-corrected chi connectivity index (χ3v) is 3.37. The smallest absolute Gasteiger partial charge is 0.124 e. The molecular formula is C16H18ClNO. The molecule has 0 aliphatic heterocycles. The number of aryl methyl sites for hydroxylation is 1. The quantitative estimate of drug-likeness (QED) is 0.905. The molecule has 2 nitrogen and oxygen atoms in total. The van der Waals surface area contributed by atoms with Gasteiger partial charge in [0, 0.05) is 22.2 Å². The van der Waals surface area contributed by atoms with Crippen LogP contribution in [0.5, 0.6) is 5.75 Å². The van der Waals surface area contributed by atoms with E-state index in [2.05, 4.69) is 6.07 Å². The van der Waals surface area contributed by atoms with Gasteiger partial charge in [-0.05, 0) is 26.0 Å². The molecular weight excluding hydrogens is 258 g/mol. The van der Waals surface area contributed by atoms with Crippen molar-refractivity contribution in [1.29, 1.82) is 0 Å². The van der Waals surface area contributed by atoms with E-state index in [9.17, 15) is 0 Å². The molecule has 0 aliphatic carbocycles. The zero-order valence-electron chi connectivity index (χ0n) is 11.2. The van der Waals surface area contributed by atoms with Crippen LogP contribution in [0.1, 0.15) is 29.7 Å². The van der Waals surface area contributed by atoms with Crippen molar-refractivity contribution in [1.82, 2.24) is 0 Å². The van der Waals surface area contributed by atoms with Crippen molar-refractivity contribution in [3.8, 4) is 5.75 Å². The van der Waals surface area contributed by atoms with Gasteiger partial charge in [-0.3, -0.25) is 0 Å². The van der Waals surface area contributed by atoms with Crippen LogP contribution in [-0.2, 0) is 6.61 Å². The largest absolute Gasteiger partial charge is 0.489 e. The maximum atomic E-state index is 6.11. The molecule has 0 fully saturated rings. The van der Waals surface area contributed by atoms with Crippen LogP contribution >= 0.6 is 11.6 Å². The second kappa shape index (κ2) is 6.09. The molecule has 1 unspecified atom stereocenters. The van der Waals surface area contributed by atoms with E-state index in [1.54, 1.807) is 0 Å². The second-order valence-electron chi connectivity index (χ2n) is 4.71. The topological polar surface area (TPSA) is 35.2 Å². The molecule has 2 aromatic carbocycles. The van der Waals surface area contributed by atoms with Crippen molar-refractivity contribution in [2.45, 2.75) is 26.5 Å². The number of ether oxygens (including phenoxy) is 1. The van der Waals surface area contributed by atoms with Crippen LogP contribution in [0, 0.1) is 6.92 Å². The van der Waals surface area contributed by atoms with Crippen LogP contribution in [0.4, 0.5) is 0 Å². The molecule has 0 spiro atoms. The molecule has 0 saturated heterocycles. The zero-order chi connectivity index (χ0) is 13.8. The molecule has 0 amide bonds. The summed E-state index contributed by atoms with van der Waals surface area (Å²) in [6, 6.07) is 13.7. The first-order valence-electron chi connectivity index (χ1n) is 6.30. The number of nitrogens with two attached hydrogens (primary N) is 1. The van der Waals surface area contributed by atoms with Crippen molar-refractivity contribution in [3.63, 3.8) is 0 Å². The Morgan fingerprint density at radius 1 is 1.21 bits per heavy atom. The SMILES string of the molecule is Cc1ccc(OCc2ccccc2Cl)c(C(C)N)c1. The molecule has 0 saturated carbocycles. The Morgan fingerprint density at radius 2 is 1.95 bits per heavy atom. The molecule has 2 rings (SSSR count). The van der Waals surface area contributed by atoms with E-state index in [0.29, 0.717) is 6.61 Å². The molecule has 1 atom stereocenters. The lowest BCUT2D eigenvalue weighted by molar-refractivity contribution is 0.301. The lowest BCUT2D eigenvalue weighted by Crippen LogP contribution is -2.08. The summed E-state index contributed by atoms with van der Waals surface area (Å²) in [5.74, 6) is 0.820. The minimum atomic E-state index is -0.0545. The zero-order valence-corrected chi connectivity index (χ0v) is 11.9. The van der Waals surface area contributed by atoms with Gasteiger partial charge in [0.05, 0.1) is 0 Å². The number of halogens is 1. The summed E-state index contributed by atoms with van der Waals surface area (Å²) in [4.78, 5) is 0. The van der Waals surface area contributed by atoms with Crippen LogP contribution in [0.25, 0.3) is 0 Å². The molecule has 0 heterocycles. The lowest BCUT2D eigenvalue weighted by atomic mass is 10.1. The minimum absolute atomic E-state index is 0.0545. The highest BCUT2D eigenvalue weighted by Gasteiger charge is 2.09. The van der Waals surface area contributed by atoms with E-state index in [1.807, 2.05) is 50.2 Å². The van der Waals surface area contributed by atoms with Crippen LogP contribution < -0.4 is 10.5 Å². The van der Waals surface area contributed by atoms with Crippen LogP contribution in [0.15, 0.2) is 42.5 Å². The molecule has 2 N–H and O–H groups in total. The second-order valence-corrected chi connectivity index (χ2v) is 5.12. The Labute approximate surface area is 119 Å². The Hall–Kier alpha value is -1.51. The summed E-state index contributed by atoms with van der Waals surface area (Å²) in [6.45, 7) is 4.45. The van der Waals surface area contributed by atoms with Crippen LogP contribution in [0.3, 0.4) is 0 Å². The minimum Gasteiger partial charge on any atom is -0.489 e. The third kappa shape index (κ3) is 3.49. The first kappa shape index (κ1) is 13.9. The highest BCUT2D eigenvalue weighted by Crippen LogP contribution is 2.26. The maximum Gasteiger partial charge on any atom is 0.124 e. The highest BCUT2D eigenvalue weighted by atomic mass is 35.5. The lowest BCUT2D eigenvalue weighted by Gasteiger charge is -2.15.